The summed E-state index contributed by atoms with van der Waals surface area (Å²) in [6.45, 7) is 5.56. The zero-order chi connectivity index (χ0) is 22.0. The molecule has 5 nitrogen and oxygen atoms in total. The normalized spacial score (nSPS) is 12.1. The molecular formula is C25H24N2O3S. The number of benzene rings is 2. The number of esters is 1. The van der Waals surface area contributed by atoms with E-state index in [0.717, 1.165) is 27.2 Å². The van der Waals surface area contributed by atoms with Gasteiger partial charge in [-0.05, 0) is 62.5 Å². The molecule has 4 rings (SSSR count). The Balaban J connectivity index is 1.68. The van der Waals surface area contributed by atoms with Gasteiger partial charge in [-0.25, -0.2) is 9.78 Å². The Hall–Kier alpha value is -3.38. The highest BCUT2D eigenvalue weighted by molar-refractivity contribution is 7.10. The van der Waals surface area contributed by atoms with Gasteiger partial charge in [0.25, 0.3) is 0 Å². The van der Waals surface area contributed by atoms with E-state index in [1.807, 2.05) is 74.7 Å². The molecule has 1 atom stereocenters. The molecule has 2 aromatic carbocycles. The van der Waals surface area contributed by atoms with Crippen molar-refractivity contribution in [2.75, 3.05) is 5.32 Å². The lowest BCUT2D eigenvalue weighted by Crippen LogP contribution is -2.13. The minimum Gasteiger partial charge on any atom is -0.505 e. The number of ether oxygens (including phenoxy) is 1. The molecule has 31 heavy (non-hydrogen) atoms. The van der Waals surface area contributed by atoms with Gasteiger partial charge >= 0.3 is 5.97 Å². The number of pyridine rings is 1. The van der Waals surface area contributed by atoms with Gasteiger partial charge < -0.3 is 15.2 Å². The molecule has 2 aromatic heterocycles. The van der Waals surface area contributed by atoms with Crippen molar-refractivity contribution in [3.05, 3.63) is 87.7 Å². The number of carbonyl (C=O) groups excluding carboxylic acids is 1. The predicted octanol–water partition coefficient (Wildman–Crippen LogP) is 6.08. The molecule has 2 heterocycles. The third-order valence-electron chi connectivity index (χ3n) is 4.92. The minimum atomic E-state index is -0.343. The third-order valence-corrected chi connectivity index (χ3v) is 5.86. The Morgan fingerprint density at radius 1 is 1.06 bits per heavy atom. The minimum absolute atomic E-state index is 0.165. The first kappa shape index (κ1) is 20.9. The average Bonchev–Trinajstić information content (AvgIpc) is 3.28. The maximum Gasteiger partial charge on any atom is 0.338 e. The number of phenolic OH excluding ortho intramolecular Hbond substituents is 1. The summed E-state index contributed by atoms with van der Waals surface area (Å²) in [7, 11) is 0. The van der Waals surface area contributed by atoms with Gasteiger partial charge in [-0.3, -0.25) is 0 Å². The number of nitrogens with one attached hydrogen (secondary N) is 1. The molecule has 1 unspecified atom stereocenters. The highest BCUT2D eigenvalue weighted by Crippen LogP contribution is 2.38. The summed E-state index contributed by atoms with van der Waals surface area (Å²) in [5.41, 5.74) is 3.52. The van der Waals surface area contributed by atoms with E-state index < -0.39 is 0 Å². The van der Waals surface area contributed by atoms with Crippen LogP contribution in [0.4, 0.5) is 5.69 Å². The van der Waals surface area contributed by atoms with E-state index in [1.165, 1.54) is 0 Å². The highest BCUT2D eigenvalue weighted by atomic mass is 32.1. The van der Waals surface area contributed by atoms with E-state index in [2.05, 4.69) is 10.3 Å². The van der Waals surface area contributed by atoms with E-state index in [1.54, 1.807) is 23.5 Å². The standard InChI is InChI=1S/C25H24N2O3S/c1-15(2)30-25(29)18-8-11-19(12-9-18)27-23(21-5-4-14-31-21)20-13-10-17-7-6-16(3)26-22(17)24(20)28/h4-15,23,27-28H,1-3H3. The SMILES string of the molecule is Cc1ccc2ccc(C(Nc3ccc(C(=O)OC(C)C)cc3)c3cccs3)c(O)c2n1. The number of anilines is 1. The number of fused-ring (bicyclic) bond motifs is 1. The molecule has 0 aliphatic rings. The van der Waals surface area contributed by atoms with Crippen LogP contribution in [0.25, 0.3) is 10.9 Å². The molecule has 0 radical (unpaired) electrons. The van der Waals surface area contributed by atoms with Crippen LogP contribution in [0, 0.1) is 6.92 Å². The van der Waals surface area contributed by atoms with E-state index in [-0.39, 0.29) is 23.9 Å². The maximum absolute atomic E-state index is 12.1. The van der Waals surface area contributed by atoms with Crippen LogP contribution in [0.3, 0.4) is 0 Å². The van der Waals surface area contributed by atoms with Crippen LogP contribution in [0.5, 0.6) is 5.75 Å². The van der Waals surface area contributed by atoms with Crippen LogP contribution in [-0.2, 0) is 4.74 Å². The van der Waals surface area contributed by atoms with Crippen molar-refractivity contribution in [1.29, 1.82) is 0 Å². The van der Waals surface area contributed by atoms with Gasteiger partial charge in [0.2, 0.25) is 0 Å². The molecule has 0 aliphatic heterocycles. The van der Waals surface area contributed by atoms with Crippen LogP contribution in [-0.4, -0.2) is 22.2 Å². The van der Waals surface area contributed by atoms with Crippen molar-refractivity contribution in [2.45, 2.75) is 32.9 Å². The van der Waals surface area contributed by atoms with E-state index >= 15 is 0 Å². The van der Waals surface area contributed by atoms with Gasteiger partial charge in [0.15, 0.2) is 0 Å². The van der Waals surface area contributed by atoms with Crippen molar-refractivity contribution < 1.29 is 14.6 Å². The molecule has 0 fully saturated rings. The fourth-order valence-electron chi connectivity index (χ4n) is 3.43. The van der Waals surface area contributed by atoms with Crippen molar-refractivity contribution >= 4 is 33.9 Å². The van der Waals surface area contributed by atoms with Gasteiger partial charge in [-0.2, -0.15) is 0 Å². The topological polar surface area (TPSA) is 71.5 Å². The summed E-state index contributed by atoms with van der Waals surface area (Å²) in [6.07, 6.45) is -0.165. The number of aromatic nitrogens is 1. The maximum atomic E-state index is 12.1. The lowest BCUT2D eigenvalue weighted by atomic mass is 10.0. The lowest BCUT2D eigenvalue weighted by molar-refractivity contribution is 0.0378. The largest absolute Gasteiger partial charge is 0.505 e. The second-order valence-electron chi connectivity index (χ2n) is 7.65. The number of hydrogen-bond acceptors (Lipinski definition) is 6. The number of phenols is 1. The number of aryl methyl sites for hydroxylation is 1. The van der Waals surface area contributed by atoms with E-state index in [4.69, 9.17) is 4.74 Å². The number of thiophene rings is 1. The number of hydrogen-bond donors (Lipinski definition) is 2. The molecule has 0 bridgehead atoms. The Morgan fingerprint density at radius 2 is 1.81 bits per heavy atom. The first-order valence-corrected chi connectivity index (χ1v) is 11.0. The second-order valence-corrected chi connectivity index (χ2v) is 8.63. The molecule has 0 saturated carbocycles. The van der Waals surface area contributed by atoms with Gasteiger partial charge in [-0.1, -0.05) is 24.3 Å². The van der Waals surface area contributed by atoms with Crippen LogP contribution >= 0.6 is 11.3 Å². The van der Waals surface area contributed by atoms with Crippen LogP contribution in [0.1, 0.15) is 46.4 Å². The molecule has 158 valence electrons. The first-order valence-electron chi connectivity index (χ1n) is 10.1. The summed E-state index contributed by atoms with van der Waals surface area (Å²) in [5.74, 6) is -0.172. The zero-order valence-electron chi connectivity index (χ0n) is 17.6. The molecule has 6 heteroatoms. The Labute approximate surface area is 185 Å². The second kappa shape index (κ2) is 8.78. The van der Waals surface area contributed by atoms with Gasteiger partial charge in [0, 0.05) is 27.2 Å². The summed E-state index contributed by atoms with van der Waals surface area (Å²) in [4.78, 5) is 17.7. The number of aromatic hydroxyl groups is 1. The Bertz CT molecular complexity index is 1200. The lowest BCUT2D eigenvalue weighted by Gasteiger charge is -2.21. The molecule has 4 aromatic rings. The van der Waals surface area contributed by atoms with Crippen molar-refractivity contribution in [3.8, 4) is 5.75 Å². The fraction of sp³-hybridized carbons (Fsp3) is 0.200. The molecule has 0 aliphatic carbocycles. The highest BCUT2D eigenvalue weighted by Gasteiger charge is 2.21. The van der Waals surface area contributed by atoms with Gasteiger partial charge in [-0.15, -0.1) is 11.3 Å². The van der Waals surface area contributed by atoms with Crippen LogP contribution in [0.2, 0.25) is 0 Å². The summed E-state index contributed by atoms with van der Waals surface area (Å²) in [6, 6.07) is 18.7. The molecule has 0 spiro atoms. The predicted molar refractivity (Wildman–Crippen MR) is 125 cm³/mol. The number of nitrogens with zero attached hydrogens (tertiary/aromatic N) is 1. The van der Waals surface area contributed by atoms with Crippen LogP contribution < -0.4 is 5.32 Å². The first-order chi connectivity index (χ1) is 14.9. The Kier molecular flexibility index (Phi) is 5.91. The summed E-state index contributed by atoms with van der Waals surface area (Å²) in [5, 5.41) is 17.5. The van der Waals surface area contributed by atoms with E-state index in [9.17, 15) is 9.90 Å². The van der Waals surface area contributed by atoms with Crippen molar-refractivity contribution in [3.63, 3.8) is 0 Å². The zero-order valence-corrected chi connectivity index (χ0v) is 18.4. The smallest absolute Gasteiger partial charge is 0.338 e. The fourth-order valence-corrected chi connectivity index (χ4v) is 4.22. The molecule has 0 amide bonds. The Morgan fingerprint density at radius 3 is 2.48 bits per heavy atom. The average molecular weight is 433 g/mol. The quantitative estimate of drug-likeness (QED) is 0.362. The molecular weight excluding hydrogens is 408 g/mol. The van der Waals surface area contributed by atoms with Crippen molar-refractivity contribution in [1.82, 2.24) is 4.98 Å². The van der Waals surface area contributed by atoms with Crippen molar-refractivity contribution in [2.24, 2.45) is 0 Å². The van der Waals surface area contributed by atoms with E-state index in [0.29, 0.717) is 11.1 Å². The third kappa shape index (κ3) is 4.54. The number of carbonyl (C=O) groups is 1. The van der Waals surface area contributed by atoms with Gasteiger partial charge in [0.1, 0.15) is 11.3 Å². The summed E-state index contributed by atoms with van der Waals surface area (Å²) >= 11 is 1.61. The van der Waals surface area contributed by atoms with Crippen LogP contribution in [0.15, 0.2) is 66.0 Å². The molecule has 2 N–H and O–H groups in total. The summed E-state index contributed by atoms with van der Waals surface area (Å²) < 4.78 is 5.25. The molecule has 0 saturated heterocycles. The van der Waals surface area contributed by atoms with Gasteiger partial charge in [0.05, 0.1) is 17.7 Å². The number of rotatable bonds is 6. The monoisotopic (exact) mass is 432 g/mol.